The number of nitrogens with one attached hydrogen (secondary N) is 1. The van der Waals surface area contributed by atoms with Crippen LogP contribution in [0.15, 0.2) is 16.3 Å². The van der Waals surface area contributed by atoms with Gasteiger partial charge >= 0.3 is 0 Å². The smallest absolute Gasteiger partial charge is 0.250 e. The molecule has 0 spiro atoms. The van der Waals surface area contributed by atoms with E-state index in [0.717, 1.165) is 11.3 Å². The average molecular weight is 286 g/mol. The van der Waals surface area contributed by atoms with Crippen molar-refractivity contribution in [3.63, 3.8) is 0 Å². The van der Waals surface area contributed by atoms with Crippen LogP contribution in [0.25, 0.3) is 0 Å². The van der Waals surface area contributed by atoms with Crippen LogP contribution in [0.1, 0.15) is 6.92 Å². The Labute approximate surface area is 103 Å². The second-order valence-electron chi connectivity index (χ2n) is 3.54. The van der Waals surface area contributed by atoms with E-state index >= 15 is 0 Å². The summed E-state index contributed by atoms with van der Waals surface area (Å²) in [6, 6.07) is 2.83. The molecule has 92 valence electrons. The lowest BCUT2D eigenvalue weighted by Crippen LogP contribution is -2.51. The van der Waals surface area contributed by atoms with Gasteiger partial charge in [0.05, 0.1) is 23.1 Å². The molecule has 1 rings (SSSR count). The summed E-state index contributed by atoms with van der Waals surface area (Å²) in [5.41, 5.74) is -1.28. The van der Waals surface area contributed by atoms with Gasteiger partial charge in [0.15, 0.2) is 0 Å². The Morgan fingerprint density at radius 1 is 1.44 bits per heavy atom. The van der Waals surface area contributed by atoms with E-state index in [1.807, 2.05) is 0 Å². The number of thiophene rings is 1. The van der Waals surface area contributed by atoms with Crippen molar-refractivity contribution in [2.75, 3.05) is 13.2 Å². The molecule has 3 N–H and O–H groups in total. The first kappa shape index (κ1) is 13.9. The second kappa shape index (κ2) is 4.99. The molecule has 16 heavy (non-hydrogen) atoms. The Bertz CT molecular complexity index is 452. The molecule has 0 atom stereocenters. The van der Waals surface area contributed by atoms with Crippen LogP contribution in [0.2, 0.25) is 4.34 Å². The fraction of sp³-hybridized carbons (Fsp3) is 0.500. The predicted octanol–water partition coefficient (Wildman–Crippen LogP) is 0.423. The first-order valence-electron chi connectivity index (χ1n) is 4.34. The lowest BCUT2D eigenvalue weighted by atomic mass is 10.1. The van der Waals surface area contributed by atoms with Gasteiger partial charge in [0.25, 0.3) is 10.0 Å². The molecule has 0 aliphatic rings. The van der Waals surface area contributed by atoms with Crippen molar-refractivity contribution in [1.29, 1.82) is 0 Å². The Kier molecular flexibility index (Phi) is 4.33. The average Bonchev–Trinajstić information content (AvgIpc) is 2.65. The van der Waals surface area contributed by atoms with Gasteiger partial charge < -0.3 is 10.2 Å². The van der Waals surface area contributed by atoms with Crippen LogP contribution < -0.4 is 4.72 Å². The number of hydrogen-bond acceptors (Lipinski definition) is 5. The van der Waals surface area contributed by atoms with Gasteiger partial charge in [0.2, 0.25) is 0 Å². The minimum atomic E-state index is -3.76. The molecule has 5 nitrogen and oxygen atoms in total. The molecule has 0 aliphatic carbocycles. The van der Waals surface area contributed by atoms with Crippen LogP contribution in [0.3, 0.4) is 0 Å². The van der Waals surface area contributed by atoms with Gasteiger partial charge in [-0.3, -0.25) is 0 Å². The van der Waals surface area contributed by atoms with Crippen molar-refractivity contribution < 1.29 is 18.6 Å². The summed E-state index contributed by atoms with van der Waals surface area (Å²) in [6.45, 7) is 0.406. The summed E-state index contributed by atoms with van der Waals surface area (Å²) >= 11 is 6.54. The molecule has 8 heteroatoms. The van der Waals surface area contributed by atoms with E-state index in [-0.39, 0.29) is 4.21 Å². The maximum Gasteiger partial charge on any atom is 0.250 e. The molecule has 1 heterocycles. The number of halogens is 1. The fourth-order valence-electron chi connectivity index (χ4n) is 0.931. The SMILES string of the molecule is CC(CO)(CO)NS(=O)(=O)c1ccc(Cl)s1. The summed E-state index contributed by atoms with van der Waals surface area (Å²) < 4.78 is 26.2. The Morgan fingerprint density at radius 3 is 2.38 bits per heavy atom. The van der Waals surface area contributed by atoms with E-state index in [1.54, 1.807) is 0 Å². The number of aliphatic hydroxyl groups excluding tert-OH is 2. The molecule has 0 saturated carbocycles. The zero-order chi connectivity index (χ0) is 12.4. The lowest BCUT2D eigenvalue weighted by molar-refractivity contribution is 0.122. The minimum absolute atomic E-state index is 0.0469. The first-order valence-corrected chi connectivity index (χ1v) is 7.02. The third-order valence-corrected chi connectivity index (χ3v) is 5.25. The molecule has 0 radical (unpaired) electrons. The third-order valence-electron chi connectivity index (χ3n) is 1.89. The van der Waals surface area contributed by atoms with Crippen LogP contribution in [-0.4, -0.2) is 37.4 Å². The highest BCUT2D eigenvalue weighted by atomic mass is 35.5. The highest BCUT2D eigenvalue weighted by molar-refractivity contribution is 7.91. The standard InChI is InChI=1S/C8H12ClNO4S2/c1-8(4-11,5-12)10-16(13,14)7-3-2-6(9)15-7/h2-3,10-12H,4-5H2,1H3. The highest BCUT2D eigenvalue weighted by Gasteiger charge is 2.30. The number of aliphatic hydroxyl groups is 2. The maximum absolute atomic E-state index is 11.8. The van der Waals surface area contributed by atoms with Crippen LogP contribution in [-0.2, 0) is 10.0 Å². The van der Waals surface area contributed by atoms with E-state index in [0.29, 0.717) is 4.34 Å². The lowest BCUT2D eigenvalue weighted by Gasteiger charge is -2.25. The van der Waals surface area contributed by atoms with Gasteiger partial charge in [-0.05, 0) is 19.1 Å². The van der Waals surface area contributed by atoms with Crippen molar-refractivity contribution in [2.45, 2.75) is 16.7 Å². The van der Waals surface area contributed by atoms with Gasteiger partial charge in [-0.25, -0.2) is 8.42 Å². The van der Waals surface area contributed by atoms with E-state index in [4.69, 9.17) is 21.8 Å². The molecule has 0 amide bonds. The Balaban J connectivity index is 2.96. The molecule has 0 aliphatic heterocycles. The number of sulfonamides is 1. The normalized spacial score (nSPS) is 13.0. The zero-order valence-corrected chi connectivity index (χ0v) is 10.9. The second-order valence-corrected chi connectivity index (χ2v) is 7.17. The Hall–Kier alpha value is -0.180. The maximum atomic E-state index is 11.8. The van der Waals surface area contributed by atoms with Crippen molar-refractivity contribution in [1.82, 2.24) is 4.72 Å². The van der Waals surface area contributed by atoms with Crippen molar-refractivity contribution in [3.8, 4) is 0 Å². The van der Waals surface area contributed by atoms with Gasteiger partial charge in [-0.1, -0.05) is 11.6 Å². The topological polar surface area (TPSA) is 86.6 Å². The third kappa shape index (κ3) is 3.16. The molecule has 0 bridgehead atoms. The fourth-order valence-corrected chi connectivity index (χ4v) is 3.80. The van der Waals surface area contributed by atoms with E-state index < -0.39 is 28.8 Å². The monoisotopic (exact) mass is 285 g/mol. The van der Waals surface area contributed by atoms with Gasteiger partial charge in [0, 0.05) is 0 Å². The van der Waals surface area contributed by atoms with E-state index in [2.05, 4.69) is 4.72 Å². The Morgan fingerprint density at radius 2 is 2.00 bits per heavy atom. The van der Waals surface area contributed by atoms with Gasteiger partial charge in [0.1, 0.15) is 4.21 Å². The quantitative estimate of drug-likeness (QED) is 0.732. The number of hydrogen-bond donors (Lipinski definition) is 3. The molecule has 0 fully saturated rings. The van der Waals surface area contributed by atoms with E-state index in [9.17, 15) is 8.42 Å². The molecule has 0 aromatic carbocycles. The summed E-state index contributed by atoms with van der Waals surface area (Å²) in [5, 5.41) is 18.0. The summed E-state index contributed by atoms with van der Waals surface area (Å²) in [4.78, 5) is 0. The highest BCUT2D eigenvalue weighted by Crippen LogP contribution is 2.26. The molecule has 1 aromatic rings. The molecule has 0 unspecified atom stereocenters. The van der Waals surface area contributed by atoms with Crippen molar-refractivity contribution in [3.05, 3.63) is 16.5 Å². The van der Waals surface area contributed by atoms with Crippen molar-refractivity contribution in [2.24, 2.45) is 0 Å². The summed E-state index contributed by atoms with van der Waals surface area (Å²) in [5.74, 6) is 0. The van der Waals surface area contributed by atoms with Gasteiger partial charge in [-0.2, -0.15) is 4.72 Å². The molecular weight excluding hydrogens is 274 g/mol. The molecule has 1 aromatic heterocycles. The molecular formula is C8H12ClNO4S2. The largest absolute Gasteiger partial charge is 0.394 e. The summed E-state index contributed by atoms with van der Waals surface area (Å²) in [6.07, 6.45) is 0. The summed E-state index contributed by atoms with van der Waals surface area (Å²) in [7, 11) is -3.76. The van der Waals surface area contributed by atoms with E-state index in [1.165, 1.54) is 19.1 Å². The van der Waals surface area contributed by atoms with Crippen LogP contribution >= 0.6 is 22.9 Å². The van der Waals surface area contributed by atoms with Crippen LogP contribution in [0, 0.1) is 0 Å². The number of rotatable bonds is 5. The van der Waals surface area contributed by atoms with Crippen LogP contribution in [0.5, 0.6) is 0 Å². The minimum Gasteiger partial charge on any atom is -0.394 e. The van der Waals surface area contributed by atoms with Crippen LogP contribution in [0.4, 0.5) is 0 Å². The zero-order valence-electron chi connectivity index (χ0n) is 8.47. The van der Waals surface area contributed by atoms with Gasteiger partial charge in [-0.15, -0.1) is 11.3 Å². The predicted molar refractivity (Wildman–Crippen MR) is 62.2 cm³/mol. The molecule has 0 saturated heterocycles. The first-order chi connectivity index (χ1) is 7.33. The van der Waals surface area contributed by atoms with Crippen molar-refractivity contribution >= 4 is 33.0 Å².